The van der Waals surface area contributed by atoms with Crippen molar-refractivity contribution in [3.05, 3.63) is 66.0 Å². The van der Waals surface area contributed by atoms with Crippen LogP contribution < -0.4 is 0 Å². The molecule has 3 heteroatoms. The minimum absolute atomic E-state index is 0.0948. The van der Waals surface area contributed by atoms with E-state index in [0.29, 0.717) is 6.42 Å². The van der Waals surface area contributed by atoms with Gasteiger partial charge in [-0.3, -0.25) is 9.78 Å². The van der Waals surface area contributed by atoms with Gasteiger partial charge in [0.05, 0.1) is 12.1 Å². The summed E-state index contributed by atoms with van der Waals surface area (Å²) in [6.45, 7) is 6.06. The number of benzene rings is 1. The molecule has 1 unspecified atom stereocenters. The van der Waals surface area contributed by atoms with Crippen LogP contribution in [0.5, 0.6) is 0 Å². The maximum Gasteiger partial charge on any atom is 0.307 e. The van der Waals surface area contributed by atoms with Crippen molar-refractivity contribution in [1.29, 1.82) is 0 Å². The van der Waals surface area contributed by atoms with Crippen molar-refractivity contribution in [2.45, 2.75) is 33.3 Å². The number of esters is 1. The zero-order valence-corrected chi connectivity index (χ0v) is 12.7. The Hall–Kier alpha value is -2.16. The van der Waals surface area contributed by atoms with E-state index in [-0.39, 0.29) is 11.4 Å². The molecule has 0 radical (unpaired) electrons. The lowest BCUT2D eigenvalue weighted by Crippen LogP contribution is -2.19. The molecule has 0 fully saturated rings. The first-order valence-electron chi connectivity index (χ1n) is 7.11. The van der Waals surface area contributed by atoms with Crippen molar-refractivity contribution < 1.29 is 9.53 Å². The number of aromatic nitrogens is 1. The summed E-state index contributed by atoms with van der Waals surface area (Å²) in [5.74, 6) is -0.206. The molecule has 0 bridgehead atoms. The first kappa shape index (κ1) is 15.2. The summed E-state index contributed by atoms with van der Waals surface area (Å²) in [4.78, 5) is 16.5. The molecule has 0 saturated carbocycles. The fourth-order valence-electron chi connectivity index (χ4n) is 2.06. The van der Waals surface area contributed by atoms with Crippen LogP contribution in [0.3, 0.4) is 0 Å². The lowest BCUT2D eigenvalue weighted by molar-refractivity contribution is -0.149. The molecule has 0 amide bonds. The largest absolute Gasteiger partial charge is 0.451 e. The van der Waals surface area contributed by atoms with Crippen molar-refractivity contribution in [1.82, 2.24) is 4.98 Å². The van der Waals surface area contributed by atoms with Crippen molar-refractivity contribution >= 4 is 5.97 Å². The van der Waals surface area contributed by atoms with Crippen LogP contribution in [-0.4, -0.2) is 11.0 Å². The quantitative estimate of drug-likeness (QED) is 0.791. The lowest BCUT2D eigenvalue weighted by Gasteiger charge is -2.21. The summed E-state index contributed by atoms with van der Waals surface area (Å²) < 4.78 is 5.70. The molecule has 1 heterocycles. The molecule has 0 aliphatic carbocycles. The van der Waals surface area contributed by atoms with Gasteiger partial charge in [-0.25, -0.2) is 0 Å². The Labute approximate surface area is 126 Å². The number of nitrogens with zero attached hydrogens (tertiary/aromatic N) is 1. The topological polar surface area (TPSA) is 39.2 Å². The summed E-state index contributed by atoms with van der Waals surface area (Å²) in [5, 5.41) is 0. The van der Waals surface area contributed by atoms with Gasteiger partial charge in [-0.15, -0.1) is 0 Å². The van der Waals surface area contributed by atoms with Crippen molar-refractivity contribution in [2.24, 2.45) is 5.41 Å². The van der Waals surface area contributed by atoms with Gasteiger partial charge in [-0.05, 0) is 23.1 Å². The maximum atomic E-state index is 12.2. The molecule has 2 aromatic rings. The van der Waals surface area contributed by atoms with E-state index >= 15 is 0 Å². The second-order valence-electron chi connectivity index (χ2n) is 6.27. The Kier molecular flexibility index (Phi) is 4.73. The molecule has 21 heavy (non-hydrogen) atoms. The second kappa shape index (κ2) is 6.53. The molecule has 1 atom stereocenters. The summed E-state index contributed by atoms with van der Waals surface area (Å²) >= 11 is 0. The smallest absolute Gasteiger partial charge is 0.307 e. The summed E-state index contributed by atoms with van der Waals surface area (Å²) in [5.41, 5.74) is 1.58. The SMILES string of the molecule is CC(C)(C)CC(=O)OC(c1ccccc1)c1ccccn1. The standard InChI is InChI=1S/C18H21NO2/c1-18(2,3)13-16(20)21-17(14-9-5-4-6-10-14)15-11-7-8-12-19-15/h4-12,17H,13H2,1-3H3. The van der Waals surface area contributed by atoms with Gasteiger partial charge < -0.3 is 4.74 Å². The molecular weight excluding hydrogens is 262 g/mol. The molecule has 0 N–H and O–H groups in total. The van der Waals surface area contributed by atoms with Gasteiger partial charge in [0, 0.05) is 6.20 Å². The average Bonchev–Trinajstić information content (AvgIpc) is 2.45. The third-order valence-electron chi connectivity index (χ3n) is 2.98. The van der Waals surface area contributed by atoms with E-state index in [9.17, 15) is 4.79 Å². The molecule has 3 nitrogen and oxygen atoms in total. The second-order valence-corrected chi connectivity index (χ2v) is 6.27. The number of hydrogen-bond acceptors (Lipinski definition) is 3. The zero-order chi connectivity index (χ0) is 15.3. The average molecular weight is 283 g/mol. The van der Waals surface area contributed by atoms with Gasteiger partial charge in [0.25, 0.3) is 0 Å². The first-order valence-corrected chi connectivity index (χ1v) is 7.11. The number of carbonyl (C=O) groups is 1. The minimum Gasteiger partial charge on any atom is -0.451 e. The molecule has 1 aromatic heterocycles. The molecule has 0 saturated heterocycles. The van der Waals surface area contributed by atoms with Gasteiger partial charge in [0.2, 0.25) is 0 Å². The van der Waals surface area contributed by atoms with E-state index in [1.165, 1.54) is 0 Å². The van der Waals surface area contributed by atoms with Crippen molar-refractivity contribution in [3.63, 3.8) is 0 Å². The van der Waals surface area contributed by atoms with Crippen LogP contribution in [0.1, 0.15) is 44.6 Å². The highest BCUT2D eigenvalue weighted by Gasteiger charge is 2.23. The number of pyridine rings is 1. The van der Waals surface area contributed by atoms with Crippen LogP contribution in [0.25, 0.3) is 0 Å². The Morgan fingerprint density at radius 2 is 1.76 bits per heavy atom. The van der Waals surface area contributed by atoms with E-state index in [4.69, 9.17) is 4.74 Å². The fourth-order valence-corrected chi connectivity index (χ4v) is 2.06. The van der Waals surface area contributed by atoms with E-state index in [0.717, 1.165) is 11.3 Å². The predicted octanol–water partition coefficient (Wildman–Crippen LogP) is 4.15. The fraction of sp³-hybridized carbons (Fsp3) is 0.333. The van der Waals surface area contributed by atoms with E-state index < -0.39 is 6.10 Å². The van der Waals surface area contributed by atoms with Gasteiger partial charge in [0.1, 0.15) is 0 Å². The van der Waals surface area contributed by atoms with E-state index in [2.05, 4.69) is 4.98 Å². The third-order valence-corrected chi connectivity index (χ3v) is 2.98. The van der Waals surface area contributed by atoms with Crippen LogP contribution in [0, 0.1) is 5.41 Å². The summed E-state index contributed by atoms with van der Waals surface area (Å²) in [6.07, 6.45) is 1.63. The highest BCUT2D eigenvalue weighted by atomic mass is 16.5. The predicted molar refractivity (Wildman–Crippen MR) is 82.7 cm³/mol. The molecular formula is C18H21NO2. The molecule has 2 rings (SSSR count). The first-order chi connectivity index (χ1) is 9.96. The highest BCUT2D eigenvalue weighted by Crippen LogP contribution is 2.27. The monoisotopic (exact) mass is 283 g/mol. The molecule has 0 aliphatic heterocycles. The lowest BCUT2D eigenvalue weighted by atomic mass is 9.92. The van der Waals surface area contributed by atoms with Crippen LogP contribution >= 0.6 is 0 Å². The Balaban J connectivity index is 2.24. The van der Waals surface area contributed by atoms with Crippen molar-refractivity contribution in [2.75, 3.05) is 0 Å². The van der Waals surface area contributed by atoms with Crippen LogP contribution in [0.15, 0.2) is 54.7 Å². The maximum absolute atomic E-state index is 12.2. The summed E-state index contributed by atoms with van der Waals surface area (Å²) in [6, 6.07) is 15.3. The number of carbonyl (C=O) groups excluding carboxylic acids is 1. The zero-order valence-electron chi connectivity index (χ0n) is 12.7. The van der Waals surface area contributed by atoms with Gasteiger partial charge in [-0.1, -0.05) is 57.2 Å². The Bertz CT molecular complexity index is 534. The van der Waals surface area contributed by atoms with E-state index in [1.807, 2.05) is 69.3 Å². The minimum atomic E-state index is -0.456. The van der Waals surface area contributed by atoms with Gasteiger partial charge in [0.15, 0.2) is 6.10 Å². The van der Waals surface area contributed by atoms with Gasteiger partial charge in [-0.2, -0.15) is 0 Å². The van der Waals surface area contributed by atoms with Crippen molar-refractivity contribution in [3.8, 4) is 0 Å². The normalized spacial score (nSPS) is 12.7. The number of rotatable bonds is 4. The van der Waals surface area contributed by atoms with Crippen LogP contribution in [0.4, 0.5) is 0 Å². The third kappa shape index (κ3) is 4.71. The molecule has 1 aromatic carbocycles. The Morgan fingerprint density at radius 1 is 1.10 bits per heavy atom. The number of ether oxygens (including phenoxy) is 1. The number of hydrogen-bond donors (Lipinski definition) is 0. The Morgan fingerprint density at radius 3 is 2.33 bits per heavy atom. The van der Waals surface area contributed by atoms with Gasteiger partial charge >= 0.3 is 5.97 Å². The van der Waals surface area contributed by atoms with Crippen LogP contribution in [0.2, 0.25) is 0 Å². The molecule has 110 valence electrons. The molecule has 0 spiro atoms. The molecule has 0 aliphatic rings. The highest BCUT2D eigenvalue weighted by molar-refractivity contribution is 5.70. The van der Waals surface area contributed by atoms with Crippen LogP contribution in [-0.2, 0) is 9.53 Å². The van der Waals surface area contributed by atoms with E-state index in [1.54, 1.807) is 6.20 Å². The summed E-state index contributed by atoms with van der Waals surface area (Å²) in [7, 11) is 0.